The molecule has 0 aliphatic carbocycles. The smallest absolute Gasteiger partial charge is 0.238 e. The molecule has 1 fully saturated rings. The number of halogens is 3. The first kappa shape index (κ1) is 25.3. The van der Waals surface area contributed by atoms with Gasteiger partial charge in [-0.2, -0.15) is 0 Å². The lowest BCUT2D eigenvalue weighted by Gasteiger charge is -2.38. The number of likely N-dealkylation sites (tertiary alicyclic amines) is 1. The number of benzene rings is 1. The molecule has 190 valence electrons. The normalized spacial score (nSPS) is 17.0. The third kappa shape index (κ3) is 5.07. The number of pyridine rings is 1. The maximum Gasteiger partial charge on any atom is 0.238 e. The summed E-state index contributed by atoms with van der Waals surface area (Å²) in [6, 6.07) is 5.41. The number of methoxy groups -OCH3 is 1. The van der Waals surface area contributed by atoms with Gasteiger partial charge in [-0.3, -0.25) is 0 Å². The summed E-state index contributed by atoms with van der Waals surface area (Å²) in [5.41, 5.74) is 3.46. The summed E-state index contributed by atoms with van der Waals surface area (Å²) in [4.78, 5) is 16.0. The lowest BCUT2D eigenvalue weighted by Crippen LogP contribution is -2.40. The average molecular weight is 500 g/mol. The minimum absolute atomic E-state index is 0.332. The maximum atomic E-state index is 14.0. The summed E-state index contributed by atoms with van der Waals surface area (Å²) >= 11 is 0. The van der Waals surface area contributed by atoms with E-state index in [2.05, 4.69) is 15.1 Å². The molecule has 36 heavy (non-hydrogen) atoms. The number of imidazole rings is 1. The number of hydrogen-bond donors (Lipinski definition) is 0. The van der Waals surface area contributed by atoms with Crippen LogP contribution in [-0.2, 0) is 4.84 Å². The number of hydrogen-bond acceptors (Lipinski definition) is 5. The molecule has 7 nitrogen and oxygen atoms in total. The Labute approximate surface area is 207 Å². The van der Waals surface area contributed by atoms with Crippen LogP contribution in [0.2, 0.25) is 0 Å². The maximum absolute atomic E-state index is 14.0. The molecule has 2 aromatic heterocycles. The van der Waals surface area contributed by atoms with E-state index >= 15 is 0 Å². The van der Waals surface area contributed by atoms with Gasteiger partial charge in [0, 0.05) is 18.3 Å². The summed E-state index contributed by atoms with van der Waals surface area (Å²) in [6.45, 7) is 4.39. The number of nitrogens with zero attached hydrogens (tertiary/aromatic N) is 5. The average Bonchev–Trinajstić information content (AvgIpc) is 3.30. The third-order valence-corrected chi connectivity index (χ3v) is 6.10. The molecule has 1 unspecified atom stereocenters. The molecule has 0 saturated carbocycles. The number of rotatable bonds is 7. The van der Waals surface area contributed by atoms with Gasteiger partial charge in [0.2, 0.25) is 5.88 Å². The van der Waals surface area contributed by atoms with E-state index in [0.717, 1.165) is 35.5 Å². The molecule has 1 aliphatic heterocycles. The van der Waals surface area contributed by atoms with Crippen molar-refractivity contribution in [1.82, 2.24) is 19.4 Å². The van der Waals surface area contributed by atoms with Crippen molar-refractivity contribution < 1.29 is 22.7 Å². The Balaban J connectivity index is 1.70. The Morgan fingerprint density at radius 1 is 1.17 bits per heavy atom. The van der Waals surface area contributed by atoms with E-state index in [9.17, 15) is 13.2 Å². The summed E-state index contributed by atoms with van der Waals surface area (Å²) in [6.07, 6.45) is 7.47. The van der Waals surface area contributed by atoms with Crippen molar-refractivity contribution in [3.63, 3.8) is 0 Å². The Morgan fingerprint density at radius 2 is 1.92 bits per heavy atom. The van der Waals surface area contributed by atoms with Gasteiger partial charge < -0.3 is 19.0 Å². The molecule has 0 spiro atoms. The lowest BCUT2D eigenvalue weighted by molar-refractivity contribution is 0.195. The largest absolute Gasteiger partial charge is 0.479 e. The van der Waals surface area contributed by atoms with E-state index in [4.69, 9.17) is 9.57 Å². The topological polar surface area (TPSA) is 64.8 Å². The minimum Gasteiger partial charge on any atom is -0.479 e. The van der Waals surface area contributed by atoms with Crippen molar-refractivity contribution >= 4 is 11.9 Å². The first-order valence-electron chi connectivity index (χ1n) is 11.6. The van der Waals surface area contributed by atoms with Crippen molar-refractivity contribution in [1.29, 1.82) is 0 Å². The first-order chi connectivity index (χ1) is 17.4. The zero-order chi connectivity index (χ0) is 25.8. The molecule has 1 atom stereocenters. The molecule has 0 bridgehead atoms. The van der Waals surface area contributed by atoms with Crippen molar-refractivity contribution in [3.05, 3.63) is 76.8 Å². The summed E-state index contributed by atoms with van der Waals surface area (Å²) in [7, 11) is 3.00. The molecular formula is C26H28F3N5O2. The molecule has 4 rings (SSSR count). The van der Waals surface area contributed by atoms with E-state index in [-0.39, 0.29) is 0 Å². The SMILES string of the molecule is CCC(c1cc(F)c(F)c(F)c1)N1CCCC(=C\c2ccc(-n3cnc(C)c3)c(OC)n2)/C1=N/OC. The van der Waals surface area contributed by atoms with Crippen LogP contribution >= 0.6 is 0 Å². The minimum atomic E-state index is -1.48. The molecule has 1 aromatic carbocycles. The number of piperidine rings is 1. The lowest BCUT2D eigenvalue weighted by atomic mass is 9.95. The highest BCUT2D eigenvalue weighted by Gasteiger charge is 2.30. The van der Waals surface area contributed by atoms with E-state index < -0.39 is 23.5 Å². The standard InChI is InChI=1S/C26H28F3N5O2/c1-5-22(18-12-20(27)24(29)21(28)13-18)34-10-6-7-17(25(34)32-36-4)11-19-8-9-23(26(31-19)35-3)33-14-16(2)30-15-33/h8-9,11-15,22H,5-7,10H2,1-4H3/b17-11+,32-25-. The summed E-state index contributed by atoms with van der Waals surface area (Å²) in [5.74, 6) is -2.94. The van der Waals surface area contributed by atoms with Gasteiger partial charge >= 0.3 is 0 Å². The second kappa shape index (κ2) is 10.8. The molecule has 3 heterocycles. The Hall–Kier alpha value is -3.82. The quantitative estimate of drug-likeness (QED) is 0.313. The molecule has 10 heteroatoms. The van der Waals surface area contributed by atoms with Crippen LogP contribution in [0, 0.1) is 24.4 Å². The van der Waals surface area contributed by atoms with Crippen LogP contribution in [0.4, 0.5) is 13.2 Å². The molecule has 0 radical (unpaired) electrons. The molecule has 3 aromatic rings. The number of amidine groups is 1. The number of aryl methyl sites for hydroxylation is 1. The van der Waals surface area contributed by atoms with Gasteiger partial charge in [-0.25, -0.2) is 23.1 Å². The van der Waals surface area contributed by atoms with Gasteiger partial charge in [-0.1, -0.05) is 12.1 Å². The fourth-order valence-corrected chi connectivity index (χ4v) is 4.49. The summed E-state index contributed by atoms with van der Waals surface area (Å²) in [5, 5.41) is 4.25. The van der Waals surface area contributed by atoms with Gasteiger partial charge in [0.05, 0.1) is 30.9 Å². The second-order valence-electron chi connectivity index (χ2n) is 8.47. The van der Waals surface area contributed by atoms with Crippen LogP contribution in [0.15, 0.2) is 47.5 Å². The van der Waals surface area contributed by atoms with Crippen LogP contribution in [-0.4, -0.2) is 46.0 Å². The van der Waals surface area contributed by atoms with E-state index in [1.165, 1.54) is 7.11 Å². The molecular weight excluding hydrogens is 471 g/mol. The zero-order valence-electron chi connectivity index (χ0n) is 20.6. The van der Waals surface area contributed by atoms with Crippen molar-refractivity contribution in [2.24, 2.45) is 5.16 Å². The highest BCUT2D eigenvalue weighted by molar-refractivity contribution is 6.02. The van der Waals surface area contributed by atoms with Crippen LogP contribution in [0.25, 0.3) is 11.8 Å². The van der Waals surface area contributed by atoms with Crippen molar-refractivity contribution in [2.75, 3.05) is 20.8 Å². The second-order valence-corrected chi connectivity index (χ2v) is 8.47. The highest BCUT2D eigenvalue weighted by Crippen LogP contribution is 2.33. The van der Waals surface area contributed by atoms with Crippen LogP contribution in [0.3, 0.4) is 0 Å². The van der Waals surface area contributed by atoms with Gasteiger partial charge in [0.1, 0.15) is 12.8 Å². The fourth-order valence-electron chi connectivity index (χ4n) is 4.49. The number of oxime groups is 1. The van der Waals surface area contributed by atoms with Crippen molar-refractivity contribution in [3.8, 4) is 11.6 Å². The first-order valence-corrected chi connectivity index (χ1v) is 11.6. The Morgan fingerprint density at radius 3 is 2.53 bits per heavy atom. The predicted molar refractivity (Wildman–Crippen MR) is 130 cm³/mol. The molecule has 1 aliphatic rings. The fraction of sp³-hybridized carbons (Fsp3) is 0.346. The van der Waals surface area contributed by atoms with E-state index in [1.54, 1.807) is 13.4 Å². The Bertz CT molecular complexity index is 1280. The molecule has 0 N–H and O–H groups in total. The van der Waals surface area contributed by atoms with Gasteiger partial charge in [-0.15, -0.1) is 0 Å². The molecule has 1 saturated heterocycles. The van der Waals surface area contributed by atoms with Crippen LogP contribution < -0.4 is 4.74 Å². The molecule has 0 amide bonds. The van der Waals surface area contributed by atoms with Crippen LogP contribution in [0.1, 0.15) is 49.2 Å². The van der Waals surface area contributed by atoms with Gasteiger partial charge in [-0.05, 0) is 62.1 Å². The number of ether oxygens (including phenoxy) is 1. The highest BCUT2D eigenvalue weighted by atomic mass is 19.2. The summed E-state index contributed by atoms with van der Waals surface area (Å²) < 4.78 is 49.0. The Kier molecular flexibility index (Phi) is 7.61. The number of aromatic nitrogens is 3. The van der Waals surface area contributed by atoms with Gasteiger partial charge in [0.15, 0.2) is 23.3 Å². The monoisotopic (exact) mass is 499 g/mol. The van der Waals surface area contributed by atoms with Crippen molar-refractivity contribution in [2.45, 2.75) is 39.2 Å². The van der Waals surface area contributed by atoms with E-state index in [1.807, 2.05) is 47.7 Å². The van der Waals surface area contributed by atoms with E-state index in [0.29, 0.717) is 42.4 Å². The zero-order valence-corrected chi connectivity index (χ0v) is 20.6. The third-order valence-electron chi connectivity index (χ3n) is 6.10. The van der Waals surface area contributed by atoms with Gasteiger partial charge in [0.25, 0.3) is 0 Å². The predicted octanol–water partition coefficient (Wildman–Crippen LogP) is 5.59. The van der Waals surface area contributed by atoms with Crippen LogP contribution in [0.5, 0.6) is 5.88 Å².